The van der Waals surface area contributed by atoms with Crippen molar-refractivity contribution >= 4 is 11.9 Å². The van der Waals surface area contributed by atoms with Crippen LogP contribution in [0.25, 0.3) is 0 Å². The molecule has 1 unspecified atom stereocenters. The molecule has 1 fully saturated rings. The maximum atomic E-state index is 11.7. The Bertz CT molecular complexity index is 290. The molecule has 0 aromatic rings. The summed E-state index contributed by atoms with van der Waals surface area (Å²) >= 11 is 0. The van der Waals surface area contributed by atoms with Gasteiger partial charge in [0.2, 0.25) is 5.91 Å². The van der Waals surface area contributed by atoms with E-state index >= 15 is 0 Å². The van der Waals surface area contributed by atoms with E-state index in [4.69, 9.17) is 9.84 Å². The third-order valence-electron chi connectivity index (χ3n) is 2.45. The Labute approximate surface area is 94.7 Å². The third kappa shape index (κ3) is 3.34. The number of allylic oxidation sites excluding steroid dienone is 1. The number of hydrogen-bond donors (Lipinski definition) is 1. The number of nitrogens with zero attached hydrogens (tertiary/aromatic N) is 1. The fourth-order valence-electron chi connectivity index (χ4n) is 1.68. The van der Waals surface area contributed by atoms with E-state index in [0.717, 1.165) is 0 Å². The molecule has 0 saturated carbocycles. The van der Waals surface area contributed by atoms with E-state index in [9.17, 15) is 9.59 Å². The van der Waals surface area contributed by atoms with Gasteiger partial charge in [-0.05, 0) is 13.3 Å². The van der Waals surface area contributed by atoms with Crippen molar-refractivity contribution in [3.63, 3.8) is 0 Å². The molecule has 5 heteroatoms. The van der Waals surface area contributed by atoms with Crippen molar-refractivity contribution in [3.8, 4) is 0 Å². The third-order valence-corrected chi connectivity index (χ3v) is 2.45. The van der Waals surface area contributed by atoms with Gasteiger partial charge in [-0.3, -0.25) is 4.79 Å². The van der Waals surface area contributed by atoms with Crippen LogP contribution in [0.4, 0.5) is 0 Å². The molecule has 1 amide bonds. The number of carboxylic acids is 1. The molecule has 16 heavy (non-hydrogen) atoms. The number of aliphatic carboxylic acids is 1. The first-order chi connectivity index (χ1) is 7.54. The van der Waals surface area contributed by atoms with Crippen LogP contribution in [0.3, 0.4) is 0 Å². The van der Waals surface area contributed by atoms with Crippen LogP contribution < -0.4 is 0 Å². The second-order valence-electron chi connectivity index (χ2n) is 3.90. The Morgan fingerprint density at radius 1 is 1.56 bits per heavy atom. The number of carbonyl (C=O) groups is 2. The van der Waals surface area contributed by atoms with Gasteiger partial charge < -0.3 is 14.7 Å². The van der Waals surface area contributed by atoms with Gasteiger partial charge in [0.15, 0.2) is 6.10 Å². The normalized spacial score (nSPS) is 25.2. The van der Waals surface area contributed by atoms with Crippen LogP contribution in [0.2, 0.25) is 0 Å². The smallest absolute Gasteiger partial charge is 0.334 e. The van der Waals surface area contributed by atoms with Crippen LogP contribution in [0, 0.1) is 0 Å². The molecule has 1 heterocycles. The number of hydrogen-bond acceptors (Lipinski definition) is 3. The second-order valence-corrected chi connectivity index (χ2v) is 3.90. The van der Waals surface area contributed by atoms with Crippen molar-refractivity contribution in [1.29, 1.82) is 0 Å². The summed E-state index contributed by atoms with van der Waals surface area (Å²) in [6.45, 7) is 5.91. The van der Waals surface area contributed by atoms with Crippen LogP contribution in [-0.4, -0.2) is 47.2 Å². The van der Waals surface area contributed by atoms with Crippen LogP contribution in [0.15, 0.2) is 12.7 Å². The molecular formula is C11H17NO4. The van der Waals surface area contributed by atoms with Gasteiger partial charge in [0, 0.05) is 13.0 Å². The summed E-state index contributed by atoms with van der Waals surface area (Å²) in [6.07, 6.45) is 1.53. The largest absolute Gasteiger partial charge is 0.479 e. The van der Waals surface area contributed by atoms with Crippen LogP contribution in [-0.2, 0) is 14.3 Å². The molecule has 1 N–H and O–H groups in total. The Hall–Kier alpha value is -1.36. The lowest BCUT2D eigenvalue weighted by molar-refractivity contribution is -0.166. The Morgan fingerprint density at radius 3 is 2.81 bits per heavy atom. The molecule has 5 nitrogen and oxygen atoms in total. The van der Waals surface area contributed by atoms with Gasteiger partial charge in [-0.15, -0.1) is 6.58 Å². The van der Waals surface area contributed by atoms with Crippen molar-refractivity contribution in [2.24, 2.45) is 0 Å². The van der Waals surface area contributed by atoms with Crippen molar-refractivity contribution < 1.29 is 19.4 Å². The fraction of sp³-hybridized carbons (Fsp3) is 0.636. The van der Waals surface area contributed by atoms with E-state index in [1.165, 1.54) is 0 Å². The summed E-state index contributed by atoms with van der Waals surface area (Å²) in [4.78, 5) is 24.1. The van der Waals surface area contributed by atoms with Gasteiger partial charge >= 0.3 is 5.97 Å². The molecule has 0 radical (unpaired) electrons. The fourth-order valence-corrected chi connectivity index (χ4v) is 1.68. The zero-order valence-electron chi connectivity index (χ0n) is 9.39. The minimum atomic E-state index is -1.02. The van der Waals surface area contributed by atoms with Crippen molar-refractivity contribution in [1.82, 2.24) is 4.90 Å². The lowest BCUT2D eigenvalue weighted by atomic mass is 10.2. The molecule has 0 spiro atoms. The summed E-state index contributed by atoms with van der Waals surface area (Å²) in [6, 6.07) is 0. The molecule has 0 aromatic carbocycles. The van der Waals surface area contributed by atoms with Gasteiger partial charge in [-0.2, -0.15) is 0 Å². The summed E-state index contributed by atoms with van der Waals surface area (Å²) in [5.41, 5.74) is 0. The highest BCUT2D eigenvalue weighted by Crippen LogP contribution is 2.13. The van der Waals surface area contributed by atoms with Gasteiger partial charge in [-0.25, -0.2) is 4.79 Å². The zero-order valence-corrected chi connectivity index (χ0v) is 9.39. The Morgan fingerprint density at radius 2 is 2.25 bits per heavy atom. The summed E-state index contributed by atoms with van der Waals surface area (Å²) in [7, 11) is 0. The summed E-state index contributed by atoms with van der Waals surface area (Å²) in [5, 5.41) is 8.85. The SMILES string of the molecule is C=CCCC(=O)N1CC(C(=O)O)O[C@H](C)C1. The van der Waals surface area contributed by atoms with E-state index in [1.54, 1.807) is 17.9 Å². The van der Waals surface area contributed by atoms with Crippen molar-refractivity contribution in [2.45, 2.75) is 32.0 Å². The first kappa shape index (κ1) is 12.7. The predicted octanol–water partition coefficient (Wildman–Crippen LogP) is 0.653. The molecule has 0 aliphatic carbocycles. The molecule has 1 aliphatic heterocycles. The minimum Gasteiger partial charge on any atom is -0.479 e. The van der Waals surface area contributed by atoms with E-state index in [-0.39, 0.29) is 18.6 Å². The number of carboxylic acid groups (broad SMARTS) is 1. The first-order valence-electron chi connectivity index (χ1n) is 5.31. The highest BCUT2D eigenvalue weighted by molar-refractivity contribution is 5.78. The number of amides is 1. The molecule has 90 valence electrons. The van der Waals surface area contributed by atoms with Crippen molar-refractivity contribution in [2.75, 3.05) is 13.1 Å². The molecule has 0 bridgehead atoms. The molecule has 2 atom stereocenters. The minimum absolute atomic E-state index is 0.0405. The lowest BCUT2D eigenvalue weighted by Gasteiger charge is -2.34. The van der Waals surface area contributed by atoms with Crippen LogP contribution >= 0.6 is 0 Å². The molecule has 1 rings (SSSR count). The number of ether oxygens (including phenoxy) is 1. The highest BCUT2D eigenvalue weighted by atomic mass is 16.5. The van der Waals surface area contributed by atoms with E-state index in [0.29, 0.717) is 19.4 Å². The molecule has 1 aliphatic rings. The molecule has 0 aromatic heterocycles. The number of rotatable bonds is 4. The maximum Gasteiger partial charge on any atom is 0.334 e. The second kappa shape index (κ2) is 5.65. The van der Waals surface area contributed by atoms with Gasteiger partial charge in [-0.1, -0.05) is 6.08 Å². The Balaban J connectivity index is 2.56. The van der Waals surface area contributed by atoms with E-state index in [2.05, 4.69) is 6.58 Å². The number of morpholine rings is 1. The summed E-state index contributed by atoms with van der Waals surface area (Å²) in [5.74, 6) is -1.06. The Kier molecular flexibility index (Phi) is 4.49. The first-order valence-corrected chi connectivity index (χ1v) is 5.31. The highest BCUT2D eigenvalue weighted by Gasteiger charge is 2.32. The van der Waals surface area contributed by atoms with Gasteiger partial charge in [0.05, 0.1) is 12.6 Å². The standard InChI is InChI=1S/C11H17NO4/c1-3-4-5-10(13)12-6-8(2)16-9(7-12)11(14)15/h3,8-9H,1,4-7H2,2H3,(H,14,15)/t8-,9?/m1/s1. The average Bonchev–Trinajstić information content (AvgIpc) is 2.24. The monoisotopic (exact) mass is 227 g/mol. The lowest BCUT2D eigenvalue weighted by Crippen LogP contribution is -2.51. The van der Waals surface area contributed by atoms with Crippen LogP contribution in [0.5, 0.6) is 0 Å². The van der Waals surface area contributed by atoms with Crippen molar-refractivity contribution in [3.05, 3.63) is 12.7 Å². The topological polar surface area (TPSA) is 66.8 Å². The zero-order chi connectivity index (χ0) is 12.1. The summed E-state index contributed by atoms with van der Waals surface area (Å²) < 4.78 is 5.22. The van der Waals surface area contributed by atoms with E-state index < -0.39 is 12.1 Å². The van der Waals surface area contributed by atoms with Gasteiger partial charge in [0.25, 0.3) is 0 Å². The molecular weight excluding hydrogens is 210 g/mol. The maximum absolute atomic E-state index is 11.7. The quantitative estimate of drug-likeness (QED) is 0.716. The van der Waals surface area contributed by atoms with E-state index in [1.807, 2.05) is 0 Å². The van der Waals surface area contributed by atoms with Gasteiger partial charge in [0.1, 0.15) is 0 Å². The number of carbonyl (C=O) groups excluding carboxylic acids is 1. The predicted molar refractivity (Wildman–Crippen MR) is 58.0 cm³/mol. The average molecular weight is 227 g/mol. The van der Waals surface area contributed by atoms with Crippen LogP contribution in [0.1, 0.15) is 19.8 Å². The molecule has 1 saturated heterocycles.